The van der Waals surface area contributed by atoms with Gasteiger partial charge in [-0.2, -0.15) is 0 Å². The van der Waals surface area contributed by atoms with E-state index < -0.39 is 6.04 Å². The van der Waals surface area contributed by atoms with Gasteiger partial charge in [-0.1, -0.05) is 0 Å². The molecule has 6 nitrogen and oxygen atoms in total. The Balaban J connectivity index is 0.00000261. The van der Waals surface area contributed by atoms with Crippen molar-refractivity contribution in [1.29, 1.82) is 0 Å². The van der Waals surface area contributed by atoms with Crippen molar-refractivity contribution in [3.63, 3.8) is 0 Å². The molecule has 0 radical (unpaired) electrons. The van der Waals surface area contributed by atoms with Crippen LogP contribution in [0.3, 0.4) is 0 Å². The van der Waals surface area contributed by atoms with E-state index in [9.17, 15) is 4.79 Å². The largest absolute Gasteiger partial charge is 0.497 e. The molecule has 1 heterocycles. The molecule has 3 N–H and O–H groups in total. The van der Waals surface area contributed by atoms with Crippen LogP contribution in [0.15, 0.2) is 18.2 Å². The molecule has 0 bridgehead atoms. The number of rotatable bonds is 7. The van der Waals surface area contributed by atoms with E-state index >= 15 is 0 Å². The number of carbonyl (C=O) groups is 1. The first-order chi connectivity index (χ1) is 12.7. The fraction of sp³-hybridized carbons (Fsp3) is 0.650. The molecule has 1 unspecified atom stereocenters. The first kappa shape index (κ1) is 21.8. The minimum absolute atomic E-state index is 0. The van der Waals surface area contributed by atoms with Crippen LogP contribution in [-0.4, -0.2) is 38.4 Å². The molecule has 1 aromatic rings. The van der Waals surface area contributed by atoms with Gasteiger partial charge in [0, 0.05) is 31.4 Å². The molecule has 3 rings (SSSR count). The number of ether oxygens (including phenoxy) is 3. The van der Waals surface area contributed by atoms with E-state index in [1.807, 2.05) is 18.2 Å². The predicted octanol–water partition coefficient (Wildman–Crippen LogP) is 2.81. The van der Waals surface area contributed by atoms with E-state index in [1.54, 1.807) is 7.11 Å². The summed E-state index contributed by atoms with van der Waals surface area (Å²) in [4.78, 5) is 12.5. The number of hydrogen-bond donors (Lipinski definition) is 2. The van der Waals surface area contributed by atoms with E-state index in [0.29, 0.717) is 19.8 Å². The first-order valence-electron chi connectivity index (χ1n) is 9.62. The highest BCUT2D eigenvalue weighted by Gasteiger charge is 2.26. The predicted molar refractivity (Wildman–Crippen MR) is 106 cm³/mol. The first-order valence-corrected chi connectivity index (χ1v) is 9.62. The summed E-state index contributed by atoms with van der Waals surface area (Å²) in [5.41, 5.74) is 7.10. The SMILES string of the molecule is COc1ccc(CNC(=O)C(N)C2CCOCC2)c(OC2CCCC2)c1.Cl. The fourth-order valence-electron chi connectivity index (χ4n) is 3.69. The minimum atomic E-state index is -0.489. The van der Waals surface area contributed by atoms with Crippen molar-refractivity contribution in [2.45, 2.75) is 57.2 Å². The maximum atomic E-state index is 12.5. The molecule has 152 valence electrons. The molecule has 1 amide bonds. The van der Waals surface area contributed by atoms with Crippen molar-refractivity contribution in [3.05, 3.63) is 23.8 Å². The zero-order valence-electron chi connectivity index (χ0n) is 15.9. The molecule has 27 heavy (non-hydrogen) atoms. The summed E-state index contributed by atoms with van der Waals surface area (Å²) in [6, 6.07) is 5.25. The third-order valence-corrected chi connectivity index (χ3v) is 5.40. The second kappa shape index (κ2) is 10.7. The average molecular weight is 399 g/mol. The van der Waals surface area contributed by atoms with E-state index in [-0.39, 0.29) is 30.3 Å². The van der Waals surface area contributed by atoms with Gasteiger partial charge in [0.1, 0.15) is 11.5 Å². The molecule has 1 saturated heterocycles. The number of amides is 1. The summed E-state index contributed by atoms with van der Waals surface area (Å²) >= 11 is 0. The van der Waals surface area contributed by atoms with Crippen molar-refractivity contribution in [2.24, 2.45) is 11.7 Å². The van der Waals surface area contributed by atoms with E-state index in [0.717, 1.165) is 42.7 Å². The van der Waals surface area contributed by atoms with Crippen LogP contribution in [-0.2, 0) is 16.1 Å². The second-order valence-corrected chi connectivity index (χ2v) is 7.19. The molecule has 1 saturated carbocycles. The van der Waals surface area contributed by atoms with E-state index in [2.05, 4.69) is 5.32 Å². The molecule has 2 fully saturated rings. The molecule has 1 atom stereocenters. The summed E-state index contributed by atoms with van der Waals surface area (Å²) in [5, 5.41) is 2.97. The summed E-state index contributed by atoms with van der Waals surface area (Å²) in [5.74, 6) is 1.62. The van der Waals surface area contributed by atoms with E-state index in [4.69, 9.17) is 19.9 Å². The van der Waals surface area contributed by atoms with Gasteiger partial charge in [0.05, 0.1) is 19.3 Å². The molecular weight excluding hydrogens is 368 g/mol. The number of carbonyl (C=O) groups excluding carboxylic acids is 1. The smallest absolute Gasteiger partial charge is 0.237 e. The molecule has 1 aliphatic heterocycles. The van der Waals surface area contributed by atoms with Crippen LogP contribution >= 0.6 is 12.4 Å². The molecule has 2 aliphatic rings. The number of nitrogens with two attached hydrogens (primary N) is 1. The summed E-state index contributed by atoms with van der Waals surface area (Å²) in [6.07, 6.45) is 6.51. The Morgan fingerprint density at radius 3 is 2.63 bits per heavy atom. The maximum Gasteiger partial charge on any atom is 0.237 e. The molecule has 0 spiro atoms. The molecular formula is C20H31ClN2O4. The van der Waals surface area contributed by atoms with Gasteiger partial charge in [-0.15, -0.1) is 12.4 Å². The van der Waals surface area contributed by atoms with Crippen molar-refractivity contribution in [3.8, 4) is 11.5 Å². The zero-order valence-corrected chi connectivity index (χ0v) is 16.8. The van der Waals surface area contributed by atoms with Gasteiger partial charge in [-0.25, -0.2) is 0 Å². The van der Waals surface area contributed by atoms with Gasteiger partial charge in [0.15, 0.2) is 0 Å². The van der Waals surface area contributed by atoms with Gasteiger partial charge < -0.3 is 25.3 Å². The van der Waals surface area contributed by atoms with Crippen LogP contribution in [0, 0.1) is 5.92 Å². The van der Waals surface area contributed by atoms with Gasteiger partial charge in [-0.05, 0) is 56.6 Å². The minimum Gasteiger partial charge on any atom is -0.497 e. The van der Waals surface area contributed by atoms with Crippen molar-refractivity contribution >= 4 is 18.3 Å². The van der Waals surface area contributed by atoms with Crippen LogP contribution in [0.4, 0.5) is 0 Å². The van der Waals surface area contributed by atoms with Crippen LogP contribution in [0.1, 0.15) is 44.1 Å². The van der Waals surface area contributed by atoms with Crippen molar-refractivity contribution in [2.75, 3.05) is 20.3 Å². The Kier molecular flexibility index (Phi) is 8.67. The Morgan fingerprint density at radius 2 is 1.96 bits per heavy atom. The fourth-order valence-corrected chi connectivity index (χ4v) is 3.69. The lowest BCUT2D eigenvalue weighted by Crippen LogP contribution is -2.46. The Labute approximate surface area is 167 Å². The van der Waals surface area contributed by atoms with Crippen molar-refractivity contribution in [1.82, 2.24) is 5.32 Å². The lowest BCUT2D eigenvalue weighted by atomic mass is 9.92. The lowest BCUT2D eigenvalue weighted by Gasteiger charge is -2.27. The number of benzene rings is 1. The molecule has 1 aliphatic carbocycles. The molecule has 7 heteroatoms. The third-order valence-electron chi connectivity index (χ3n) is 5.40. The standard InChI is InChI=1S/C20H30N2O4.ClH/c1-24-17-7-6-15(18(12-17)26-16-4-2-3-5-16)13-22-20(23)19(21)14-8-10-25-11-9-14;/h6-7,12,14,16,19H,2-5,8-11,13,21H2,1H3,(H,22,23);1H. The van der Waals surface area contributed by atoms with Gasteiger partial charge in [0.25, 0.3) is 0 Å². The normalized spacial score (nSPS) is 19.2. The van der Waals surface area contributed by atoms with E-state index in [1.165, 1.54) is 12.8 Å². The summed E-state index contributed by atoms with van der Waals surface area (Å²) < 4.78 is 16.8. The average Bonchev–Trinajstić information content (AvgIpc) is 3.19. The number of halogens is 1. The summed E-state index contributed by atoms with van der Waals surface area (Å²) in [6.45, 7) is 1.77. The van der Waals surface area contributed by atoms with Crippen LogP contribution < -0.4 is 20.5 Å². The van der Waals surface area contributed by atoms with Gasteiger partial charge >= 0.3 is 0 Å². The summed E-state index contributed by atoms with van der Waals surface area (Å²) in [7, 11) is 1.64. The number of nitrogens with one attached hydrogen (secondary N) is 1. The monoisotopic (exact) mass is 398 g/mol. The third kappa shape index (κ3) is 5.99. The Morgan fingerprint density at radius 1 is 1.26 bits per heavy atom. The van der Waals surface area contributed by atoms with Gasteiger partial charge in [0.2, 0.25) is 5.91 Å². The molecule has 1 aromatic carbocycles. The Bertz CT molecular complexity index is 602. The number of methoxy groups -OCH3 is 1. The van der Waals surface area contributed by atoms with Crippen LogP contribution in [0.2, 0.25) is 0 Å². The highest BCUT2D eigenvalue weighted by molar-refractivity contribution is 5.85. The Hall–Kier alpha value is -1.50. The maximum absolute atomic E-state index is 12.5. The topological polar surface area (TPSA) is 82.8 Å². The zero-order chi connectivity index (χ0) is 18.4. The van der Waals surface area contributed by atoms with Crippen LogP contribution in [0.25, 0.3) is 0 Å². The molecule has 0 aromatic heterocycles. The highest BCUT2D eigenvalue weighted by Crippen LogP contribution is 2.30. The highest BCUT2D eigenvalue weighted by atomic mass is 35.5. The van der Waals surface area contributed by atoms with Crippen molar-refractivity contribution < 1.29 is 19.0 Å². The second-order valence-electron chi connectivity index (χ2n) is 7.19. The number of hydrogen-bond acceptors (Lipinski definition) is 5. The van der Waals surface area contributed by atoms with Crippen LogP contribution in [0.5, 0.6) is 11.5 Å². The quantitative estimate of drug-likeness (QED) is 0.737. The van der Waals surface area contributed by atoms with Gasteiger partial charge in [-0.3, -0.25) is 4.79 Å². The lowest BCUT2D eigenvalue weighted by molar-refractivity contribution is -0.124.